The average Bonchev–Trinajstić information content (AvgIpc) is 2.99. The molecule has 0 atom stereocenters. The SMILES string of the molecule is COCc1nc(C2CC2)sc1CNC(C)(C)C. The van der Waals surface area contributed by atoms with Crippen LogP contribution >= 0.6 is 11.3 Å². The molecular weight excluding hydrogens is 232 g/mol. The van der Waals surface area contributed by atoms with Gasteiger partial charge in [-0.2, -0.15) is 0 Å². The van der Waals surface area contributed by atoms with E-state index in [4.69, 9.17) is 9.72 Å². The molecule has 0 spiro atoms. The molecule has 1 heterocycles. The van der Waals surface area contributed by atoms with Crippen molar-refractivity contribution in [3.05, 3.63) is 15.6 Å². The van der Waals surface area contributed by atoms with Crippen LogP contribution in [0.5, 0.6) is 0 Å². The molecule has 96 valence electrons. The lowest BCUT2D eigenvalue weighted by atomic mass is 10.1. The Hall–Kier alpha value is -0.450. The first-order valence-corrected chi connectivity index (χ1v) is 7.03. The van der Waals surface area contributed by atoms with Gasteiger partial charge in [0.2, 0.25) is 0 Å². The highest BCUT2D eigenvalue weighted by atomic mass is 32.1. The molecule has 1 aromatic rings. The zero-order valence-electron chi connectivity index (χ0n) is 11.2. The number of hydrogen-bond acceptors (Lipinski definition) is 4. The Morgan fingerprint density at radius 1 is 1.41 bits per heavy atom. The molecule has 0 aliphatic heterocycles. The van der Waals surface area contributed by atoms with Gasteiger partial charge in [0.15, 0.2) is 0 Å². The fourth-order valence-corrected chi connectivity index (χ4v) is 2.82. The Labute approximate surface area is 108 Å². The number of nitrogens with zero attached hydrogens (tertiary/aromatic N) is 1. The summed E-state index contributed by atoms with van der Waals surface area (Å²) in [7, 11) is 1.73. The van der Waals surface area contributed by atoms with Crippen molar-refractivity contribution in [2.24, 2.45) is 0 Å². The highest BCUT2D eigenvalue weighted by Gasteiger charge is 2.28. The predicted octanol–water partition coefficient (Wildman–Crippen LogP) is 3.06. The molecule has 1 N–H and O–H groups in total. The minimum Gasteiger partial charge on any atom is -0.378 e. The lowest BCUT2D eigenvalue weighted by molar-refractivity contribution is 0.181. The largest absolute Gasteiger partial charge is 0.378 e. The summed E-state index contributed by atoms with van der Waals surface area (Å²) in [6.07, 6.45) is 2.62. The summed E-state index contributed by atoms with van der Waals surface area (Å²) >= 11 is 1.86. The number of hydrogen-bond donors (Lipinski definition) is 1. The van der Waals surface area contributed by atoms with Crippen LogP contribution in [0.25, 0.3) is 0 Å². The van der Waals surface area contributed by atoms with E-state index in [2.05, 4.69) is 26.1 Å². The van der Waals surface area contributed by atoms with Crippen LogP contribution in [0.2, 0.25) is 0 Å². The third-order valence-corrected chi connectivity index (χ3v) is 4.04. The van der Waals surface area contributed by atoms with Crippen molar-refractivity contribution >= 4 is 11.3 Å². The van der Waals surface area contributed by atoms with Crippen molar-refractivity contribution in [1.29, 1.82) is 0 Å². The molecule has 1 aromatic heterocycles. The second-order valence-electron chi connectivity index (χ2n) is 5.73. The predicted molar refractivity (Wildman–Crippen MR) is 71.4 cm³/mol. The molecule has 0 radical (unpaired) electrons. The Bertz CT molecular complexity index is 377. The molecule has 2 rings (SSSR count). The van der Waals surface area contributed by atoms with E-state index < -0.39 is 0 Å². The quantitative estimate of drug-likeness (QED) is 0.877. The summed E-state index contributed by atoms with van der Waals surface area (Å²) in [5.74, 6) is 0.735. The van der Waals surface area contributed by atoms with Crippen LogP contribution in [-0.2, 0) is 17.9 Å². The van der Waals surface area contributed by atoms with Gasteiger partial charge < -0.3 is 10.1 Å². The molecule has 17 heavy (non-hydrogen) atoms. The van der Waals surface area contributed by atoms with Crippen LogP contribution in [0.15, 0.2) is 0 Å². The summed E-state index contributed by atoms with van der Waals surface area (Å²) in [5, 5.41) is 4.83. The zero-order chi connectivity index (χ0) is 12.5. The fourth-order valence-electron chi connectivity index (χ4n) is 1.64. The van der Waals surface area contributed by atoms with Crippen molar-refractivity contribution < 1.29 is 4.74 Å². The van der Waals surface area contributed by atoms with E-state index in [1.165, 1.54) is 22.7 Å². The van der Waals surface area contributed by atoms with Crippen molar-refractivity contribution in [2.45, 2.75) is 58.2 Å². The van der Waals surface area contributed by atoms with Crippen LogP contribution in [0.4, 0.5) is 0 Å². The molecule has 4 heteroatoms. The van der Waals surface area contributed by atoms with Crippen molar-refractivity contribution in [3.63, 3.8) is 0 Å². The van der Waals surface area contributed by atoms with E-state index in [9.17, 15) is 0 Å². The molecule has 1 aliphatic rings. The second kappa shape index (κ2) is 5.04. The van der Waals surface area contributed by atoms with Gasteiger partial charge in [-0.3, -0.25) is 0 Å². The first-order chi connectivity index (χ1) is 7.99. The Morgan fingerprint density at radius 2 is 2.12 bits per heavy atom. The van der Waals surface area contributed by atoms with Crippen LogP contribution < -0.4 is 5.32 Å². The van der Waals surface area contributed by atoms with Gasteiger partial charge in [0.1, 0.15) is 0 Å². The Morgan fingerprint density at radius 3 is 2.65 bits per heavy atom. The van der Waals surface area contributed by atoms with Gasteiger partial charge in [0, 0.05) is 30.0 Å². The first-order valence-electron chi connectivity index (χ1n) is 6.22. The number of methoxy groups -OCH3 is 1. The van der Waals surface area contributed by atoms with Crippen LogP contribution in [0.1, 0.15) is 55.1 Å². The smallest absolute Gasteiger partial charge is 0.0963 e. The Kier molecular flexibility index (Phi) is 3.85. The number of rotatable bonds is 5. The van der Waals surface area contributed by atoms with Crippen molar-refractivity contribution in [1.82, 2.24) is 10.3 Å². The van der Waals surface area contributed by atoms with Gasteiger partial charge >= 0.3 is 0 Å². The number of nitrogens with one attached hydrogen (secondary N) is 1. The van der Waals surface area contributed by atoms with Gasteiger partial charge in [-0.1, -0.05) is 0 Å². The molecule has 0 saturated heterocycles. The molecule has 3 nitrogen and oxygen atoms in total. The van der Waals surface area contributed by atoms with Crippen LogP contribution in [0, 0.1) is 0 Å². The minimum atomic E-state index is 0.147. The maximum atomic E-state index is 5.23. The first kappa shape index (κ1) is 13.0. The van der Waals surface area contributed by atoms with Crippen LogP contribution in [-0.4, -0.2) is 17.6 Å². The van der Waals surface area contributed by atoms with E-state index in [1.807, 2.05) is 11.3 Å². The maximum absolute atomic E-state index is 5.23. The number of ether oxygens (including phenoxy) is 1. The molecule has 1 aliphatic carbocycles. The van der Waals surface area contributed by atoms with Gasteiger partial charge in [-0.05, 0) is 33.6 Å². The second-order valence-corrected chi connectivity index (χ2v) is 6.85. The summed E-state index contributed by atoms with van der Waals surface area (Å²) in [4.78, 5) is 6.05. The van der Waals surface area contributed by atoms with E-state index in [0.717, 1.165) is 18.2 Å². The van der Waals surface area contributed by atoms with Crippen molar-refractivity contribution in [2.75, 3.05) is 7.11 Å². The van der Waals surface area contributed by atoms with Gasteiger partial charge in [-0.15, -0.1) is 11.3 Å². The third kappa shape index (κ3) is 3.76. The third-order valence-electron chi connectivity index (χ3n) is 2.78. The molecule has 1 fully saturated rings. The molecule has 0 bridgehead atoms. The lowest BCUT2D eigenvalue weighted by Crippen LogP contribution is -2.35. The summed E-state index contributed by atoms with van der Waals surface area (Å²) < 4.78 is 5.23. The normalized spacial score (nSPS) is 16.5. The standard InChI is InChI=1S/C13H22N2OS/c1-13(2,3)14-7-11-10(8-16-4)15-12(17-11)9-5-6-9/h9,14H,5-8H2,1-4H3. The van der Waals surface area contributed by atoms with E-state index >= 15 is 0 Å². The maximum Gasteiger partial charge on any atom is 0.0963 e. The average molecular weight is 254 g/mol. The van der Waals surface area contributed by atoms with Gasteiger partial charge in [0.25, 0.3) is 0 Å². The molecule has 0 aromatic carbocycles. The molecular formula is C13H22N2OS. The van der Waals surface area contributed by atoms with Crippen molar-refractivity contribution in [3.8, 4) is 0 Å². The highest BCUT2D eigenvalue weighted by Crippen LogP contribution is 2.42. The number of thiazole rings is 1. The monoisotopic (exact) mass is 254 g/mol. The Balaban J connectivity index is 2.07. The topological polar surface area (TPSA) is 34.1 Å². The minimum absolute atomic E-state index is 0.147. The summed E-state index contributed by atoms with van der Waals surface area (Å²) in [5.41, 5.74) is 1.27. The molecule has 1 saturated carbocycles. The summed E-state index contributed by atoms with van der Waals surface area (Å²) in [6.45, 7) is 8.08. The molecule has 0 unspecified atom stereocenters. The van der Waals surface area contributed by atoms with E-state index in [-0.39, 0.29) is 5.54 Å². The lowest BCUT2D eigenvalue weighted by Gasteiger charge is -2.20. The zero-order valence-corrected chi connectivity index (χ0v) is 12.0. The van der Waals surface area contributed by atoms with E-state index in [1.54, 1.807) is 7.11 Å². The fraction of sp³-hybridized carbons (Fsp3) is 0.769. The summed E-state index contributed by atoms with van der Waals surface area (Å²) in [6, 6.07) is 0. The van der Waals surface area contributed by atoms with E-state index in [0.29, 0.717) is 6.61 Å². The number of aromatic nitrogens is 1. The van der Waals surface area contributed by atoms with Gasteiger partial charge in [-0.25, -0.2) is 4.98 Å². The van der Waals surface area contributed by atoms with Crippen LogP contribution in [0.3, 0.4) is 0 Å². The van der Waals surface area contributed by atoms with Gasteiger partial charge in [0.05, 0.1) is 17.3 Å². The highest BCUT2D eigenvalue weighted by molar-refractivity contribution is 7.11. The molecule has 0 amide bonds.